The van der Waals surface area contributed by atoms with E-state index in [4.69, 9.17) is 14.2 Å². The van der Waals surface area contributed by atoms with Gasteiger partial charge in [0.15, 0.2) is 0 Å². The second-order valence-electron chi connectivity index (χ2n) is 9.55. The minimum absolute atomic E-state index is 0.106. The average Bonchev–Trinajstić information content (AvgIpc) is 2.92. The molecule has 0 aromatic heterocycles. The Morgan fingerprint density at radius 1 is 1.18 bits per heavy atom. The number of hydrogen-bond acceptors (Lipinski definition) is 6. The van der Waals surface area contributed by atoms with Crippen molar-refractivity contribution in [2.75, 3.05) is 40.3 Å². The second-order valence-corrected chi connectivity index (χ2v) is 9.55. The van der Waals surface area contributed by atoms with Crippen molar-refractivity contribution >= 4 is 25.3 Å². The van der Waals surface area contributed by atoms with Crippen LogP contribution in [0.1, 0.15) is 55.8 Å². The first-order valence-corrected chi connectivity index (χ1v) is 13.4. The Labute approximate surface area is 235 Å². The number of carbonyl (C=O) groups is 1. The molecule has 220 valence electrons. The molecule has 0 aliphatic rings. The molecule has 2 N–H and O–H groups in total. The summed E-state index contributed by atoms with van der Waals surface area (Å²) in [5.41, 5.74) is 1.43. The van der Waals surface area contributed by atoms with Gasteiger partial charge in [-0.05, 0) is 50.0 Å². The van der Waals surface area contributed by atoms with E-state index in [1.54, 1.807) is 0 Å². The number of alkyl halides is 3. The Bertz CT molecular complexity index is 1080. The number of amides is 1. The third-order valence-electron chi connectivity index (χ3n) is 6.36. The topological polar surface area (TPSA) is 80.3 Å². The summed E-state index contributed by atoms with van der Waals surface area (Å²) in [6.45, 7) is 4.86. The van der Waals surface area contributed by atoms with E-state index in [1.807, 2.05) is 21.7 Å². The number of phenols is 1. The van der Waals surface area contributed by atoms with Crippen molar-refractivity contribution in [1.29, 1.82) is 0 Å². The molecule has 0 aliphatic heterocycles. The molecule has 0 spiro atoms. The van der Waals surface area contributed by atoms with Crippen molar-refractivity contribution in [3.63, 3.8) is 0 Å². The van der Waals surface area contributed by atoms with Gasteiger partial charge in [-0.15, -0.1) is 0 Å². The highest BCUT2D eigenvalue weighted by Gasteiger charge is 2.36. The van der Waals surface area contributed by atoms with Crippen LogP contribution in [0.2, 0.25) is 0 Å². The molecule has 1 unspecified atom stereocenters. The van der Waals surface area contributed by atoms with Gasteiger partial charge < -0.3 is 24.2 Å². The fourth-order valence-corrected chi connectivity index (χ4v) is 4.07. The maximum absolute atomic E-state index is 13.6. The number of ether oxygens (including phenoxy) is 3. The summed E-state index contributed by atoms with van der Waals surface area (Å²) in [4.78, 5) is 12.9. The van der Waals surface area contributed by atoms with E-state index in [0.717, 1.165) is 18.0 Å². The second kappa shape index (κ2) is 16.9. The van der Waals surface area contributed by atoms with Crippen LogP contribution in [0.3, 0.4) is 0 Å². The lowest BCUT2D eigenvalue weighted by atomic mass is 9.94. The van der Waals surface area contributed by atoms with E-state index in [1.165, 1.54) is 29.6 Å². The Balaban J connectivity index is 1.84. The van der Waals surface area contributed by atoms with Gasteiger partial charge in [0.2, 0.25) is 6.41 Å². The van der Waals surface area contributed by atoms with Crippen LogP contribution in [-0.4, -0.2) is 70.8 Å². The van der Waals surface area contributed by atoms with Crippen LogP contribution in [0, 0.1) is 0 Å². The molecule has 0 aliphatic carbocycles. The van der Waals surface area contributed by atoms with Crippen LogP contribution in [0.4, 0.5) is 13.2 Å². The number of methoxy groups -OCH3 is 1. The predicted molar refractivity (Wildman–Crippen MR) is 152 cm³/mol. The van der Waals surface area contributed by atoms with Gasteiger partial charge in [0.25, 0.3) is 0 Å². The average molecular weight is 564 g/mol. The SMILES string of the molecule is Bc1ccc(C(C)NCOCN(C=O)CCCCOc2ccc(/C(=C\COC)C(F)(F)F)c(O)c2CCC)cc1. The van der Waals surface area contributed by atoms with Gasteiger partial charge in [-0.3, -0.25) is 10.1 Å². The van der Waals surface area contributed by atoms with E-state index < -0.39 is 17.5 Å². The van der Waals surface area contributed by atoms with Crippen LogP contribution in [0.15, 0.2) is 42.5 Å². The molecule has 0 saturated heterocycles. The first-order valence-electron chi connectivity index (χ1n) is 13.4. The Morgan fingerprint density at radius 2 is 1.90 bits per heavy atom. The standard InChI is InChI=1S/C29H40BF3N2O5/c1-4-7-25-27(13-12-24(28(25)37)26(14-17-38-3)29(31,32)33)40-16-6-5-15-35(19-36)20-39-18-34-21(2)22-8-10-23(30)11-9-22/h8-14,19,21,34,37H,4-7,15-18,20,30H2,1-3H3/b26-14+. The zero-order valence-corrected chi connectivity index (χ0v) is 23.7. The van der Waals surface area contributed by atoms with Crippen LogP contribution in [0.25, 0.3) is 5.57 Å². The normalized spacial score (nSPS) is 12.8. The molecule has 1 amide bonds. The number of phenolic OH excluding ortho intramolecular Hbond substituents is 1. The molecule has 7 nitrogen and oxygen atoms in total. The maximum atomic E-state index is 13.6. The van der Waals surface area contributed by atoms with Crippen molar-refractivity contribution < 1.29 is 37.3 Å². The molecule has 2 rings (SSSR count). The summed E-state index contributed by atoms with van der Waals surface area (Å²) in [7, 11) is 3.34. The summed E-state index contributed by atoms with van der Waals surface area (Å²) in [6, 6.07) is 11.0. The highest BCUT2D eigenvalue weighted by atomic mass is 19.4. The number of benzene rings is 2. The van der Waals surface area contributed by atoms with Gasteiger partial charge >= 0.3 is 6.18 Å². The molecule has 0 fully saturated rings. The fourth-order valence-electron chi connectivity index (χ4n) is 4.07. The summed E-state index contributed by atoms with van der Waals surface area (Å²) in [5, 5.41) is 14.0. The molecule has 2 aromatic carbocycles. The van der Waals surface area contributed by atoms with Crippen LogP contribution < -0.4 is 15.5 Å². The van der Waals surface area contributed by atoms with E-state index in [-0.39, 0.29) is 31.5 Å². The zero-order chi connectivity index (χ0) is 29.5. The Morgan fingerprint density at radius 3 is 2.52 bits per heavy atom. The minimum atomic E-state index is -4.65. The Kier molecular flexibility index (Phi) is 14.1. The van der Waals surface area contributed by atoms with E-state index >= 15 is 0 Å². The summed E-state index contributed by atoms with van der Waals surface area (Å²) < 4.78 is 57.0. The Hall–Kier alpha value is -3.02. The molecular weight excluding hydrogens is 524 g/mol. The van der Waals surface area contributed by atoms with Crippen molar-refractivity contribution in [3.05, 3.63) is 59.2 Å². The number of nitrogens with zero attached hydrogens (tertiary/aromatic N) is 1. The van der Waals surface area contributed by atoms with Crippen molar-refractivity contribution in [3.8, 4) is 11.5 Å². The van der Waals surface area contributed by atoms with Crippen molar-refractivity contribution in [2.45, 2.75) is 51.7 Å². The molecular formula is C29H40BF3N2O5. The summed E-state index contributed by atoms with van der Waals surface area (Å²) >= 11 is 0. The first-order chi connectivity index (χ1) is 19.1. The van der Waals surface area contributed by atoms with Crippen molar-refractivity contribution in [2.24, 2.45) is 0 Å². The largest absolute Gasteiger partial charge is 0.507 e. The van der Waals surface area contributed by atoms with E-state index in [2.05, 4.69) is 29.6 Å². The molecule has 1 atom stereocenters. The molecule has 0 saturated carbocycles. The first kappa shape index (κ1) is 33.2. The van der Waals surface area contributed by atoms with Gasteiger partial charge in [-0.2, -0.15) is 13.2 Å². The van der Waals surface area contributed by atoms with Gasteiger partial charge in [0.05, 0.1) is 25.5 Å². The number of carbonyl (C=O) groups excluding carboxylic acids is 1. The van der Waals surface area contributed by atoms with E-state index in [9.17, 15) is 23.1 Å². The van der Waals surface area contributed by atoms with Crippen molar-refractivity contribution in [1.82, 2.24) is 10.2 Å². The lowest BCUT2D eigenvalue weighted by Crippen LogP contribution is -2.30. The van der Waals surface area contributed by atoms with Crippen LogP contribution >= 0.6 is 0 Å². The summed E-state index contributed by atoms with van der Waals surface area (Å²) in [5.74, 6) is -0.0886. The number of hydrogen-bond donors (Lipinski definition) is 2. The molecule has 0 bridgehead atoms. The lowest BCUT2D eigenvalue weighted by molar-refractivity contribution is -0.123. The number of nitrogens with one attached hydrogen (secondary N) is 1. The third-order valence-corrected chi connectivity index (χ3v) is 6.36. The van der Waals surface area contributed by atoms with E-state index in [0.29, 0.717) is 50.3 Å². The predicted octanol–water partition coefficient (Wildman–Crippen LogP) is 4.10. The van der Waals surface area contributed by atoms with Gasteiger partial charge in [-0.1, -0.05) is 43.1 Å². The molecule has 0 radical (unpaired) electrons. The number of unbranched alkanes of at least 4 members (excludes halogenated alkanes) is 1. The number of halogens is 3. The zero-order valence-electron chi connectivity index (χ0n) is 23.7. The highest BCUT2D eigenvalue weighted by Crippen LogP contribution is 2.42. The molecule has 40 heavy (non-hydrogen) atoms. The number of allylic oxidation sites excluding steroid dienone is 1. The minimum Gasteiger partial charge on any atom is -0.507 e. The monoisotopic (exact) mass is 564 g/mol. The van der Waals surface area contributed by atoms with Crippen LogP contribution in [0.5, 0.6) is 11.5 Å². The molecule has 11 heteroatoms. The third kappa shape index (κ3) is 10.5. The summed E-state index contributed by atoms with van der Waals surface area (Å²) in [6.07, 6.45) is -0.792. The number of rotatable bonds is 18. The highest BCUT2D eigenvalue weighted by molar-refractivity contribution is 6.32. The lowest BCUT2D eigenvalue weighted by Gasteiger charge is -2.20. The molecule has 2 aromatic rings. The van der Waals surface area contributed by atoms with Gasteiger partial charge in [0, 0.05) is 30.8 Å². The molecule has 0 heterocycles. The maximum Gasteiger partial charge on any atom is 0.416 e. The number of aromatic hydroxyl groups is 1. The fraction of sp³-hybridized carbons (Fsp3) is 0.483. The quantitative estimate of drug-likeness (QED) is 0.123. The van der Waals surface area contributed by atoms with Gasteiger partial charge in [0.1, 0.15) is 26.1 Å². The van der Waals surface area contributed by atoms with Crippen LogP contribution in [-0.2, 0) is 20.7 Å². The smallest absolute Gasteiger partial charge is 0.416 e. The van der Waals surface area contributed by atoms with Gasteiger partial charge in [-0.25, -0.2) is 0 Å².